The van der Waals surface area contributed by atoms with E-state index in [1.54, 1.807) is 0 Å². The van der Waals surface area contributed by atoms with Crippen molar-refractivity contribution < 1.29 is 22.8 Å². The first-order valence-corrected chi connectivity index (χ1v) is 12.1. The highest BCUT2D eigenvalue weighted by Gasteiger charge is 2.67. The Labute approximate surface area is 230 Å². The maximum absolute atomic E-state index is 14.4. The van der Waals surface area contributed by atoms with Gasteiger partial charge in [-0.1, -0.05) is 35.2 Å². The predicted octanol–water partition coefficient (Wildman–Crippen LogP) is 7.22. The number of alkyl halides is 2. The number of hydrogen-bond acceptors (Lipinski definition) is 2. The number of hydrogen-bond donors (Lipinski definition) is 1. The van der Waals surface area contributed by atoms with Gasteiger partial charge in [-0.25, -0.2) is 13.2 Å². The number of terminal acetylenes is 1. The van der Waals surface area contributed by atoms with E-state index in [4.69, 9.17) is 52.8 Å². The van der Waals surface area contributed by atoms with Crippen molar-refractivity contribution in [3.05, 3.63) is 93.2 Å². The molecule has 1 N–H and O–H groups in total. The first-order valence-electron chi connectivity index (χ1n) is 10.6. The molecule has 0 heterocycles. The Hall–Kier alpha value is -2.89. The van der Waals surface area contributed by atoms with Crippen LogP contribution in [0.1, 0.15) is 21.8 Å². The van der Waals surface area contributed by atoms with Crippen LogP contribution >= 0.6 is 46.4 Å². The molecule has 1 fully saturated rings. The quantitative estimate of drug-likeness (QED) is 0.245. The molecule has 1 aliphatic rings. The molecule has 0 aromatic heterocycles. The Kier molecular flexibility index (Phi) is 7.68. The summed E-state index contributed by atoms with van der Waals surface area (Å²) in [5.74, 6) is -3.10. The van der Waals surface area contributed by atoms with Gasteiger partial charge in [0, 0.05) is 17.7 Å². The largest absolute Gasteiger partial charge is 0.326 e. The Morgan fingerprint density at radius 2 is 1.70 bits per heavy atom. The fourth-order valence-corrected chi connectivity index (χ4v) is 5.18. The van der Waals surface area contributed by atoms with Crippen LogP contribution in [-0.2, 0) is 4.79 Å². The van der Waals surface area contributed by atoms with E-state index >= 15 is 0 Å². The second-order valence-corrected chi connectivity index (χ2v) is 10.4. The van der Waals surface area contributed by atoms with Gasteiger partial charge in [0.2, 0.25) is 5.91 Å². The second kappa shape index (κ2) is 10.5. The third-order valence-electron chi connectivity index (χ3n) is 5.80. The third kappa shape index (κ3) is 5.39. The minimum absolute atomic E-state index is 0.00169. The summed E-state index contributed by atoms with van der Waals surface area (Å²) in [7, 11) is 0. The molecule has 0 radical (unpaired) electrons. The van der Waals surface area contributed by atoms with Crippen LogP contribution < -0.4 is 10.2 Å². The lowest BCUT2D eigenvalue weighted by Gasteiger charge is -2.22. The Bertz CT molecular complexity index is 1460. The minimum Gasteiger partial charge on any atom is -0.326 e. The van der Waals surface area contributed by atoms with Gasteiger partial charge in [0.15, 0.2) is 0 Å². The van der Waals surface area contributed by atoms with Crippen LogP contribution in [-0.4, -0.2) is 22.7 Å². The van der Waals surface area contributed by atoms with Gasteiger partial charge in [-0.3, -0.25) is 14.5 Å². The third-order valence-corrected chi connectivity index (χ3v) is 7.36. The topological polar surface area (TPSA) is 49.4 Å². The number of nitrogens with zero attached hydrogens (tertiary/aromatic N) is 1. The first-order chi connectivity index (χ1) is 17.4. The van der Waals surface area contributed by atoms with Crippen LogP contribution in [0.15, 0.2) is 54.6 Å². The maximum atomic E-state index is 14.4. The van der Waals surface area contributed by atoms with Gasteiger partial charge < -0.3 is 5.32 Å². The average Bonchev–Trinajstić information content (AvgIpc) is 3.42. The lowest BCUT2D eigenvalue weighted by atomic mass is 10.1. The second-order valence-electron chi connectivity index (χ2n) is 8.18. The summed E-state index contributed by atoms with van der Waals surface area (Å²) < 4.78 is 39.8. The normalized spacial score (nSPS) is 17.6. The van der Waals surface area contributed by atoms with E-state index in [1.807, 2.05) is 0 Å². The zero-order valence-electron chi connectivity index (χ0n) is 18.5. The monoisotopic (exact) mass is 584 g/mol. The van der Waals surface area contributed by atoms with Crippen molar-refractivity contribution in [2.45, 2.75) is 10.3 Å². The van der Waals surface area contributed by atoms with Gasteiger partial charge in [-0.15, -0.1) is 29.6 Å². The molecule has 190 valence electrons. The molecule has 2 atom stereocenters. The van der Waals surface area contributed by atoms with E-state index in [1.165, 1.54) is 30.3 Å². The summed E-state index contributed by atoms with van der Waals surface area (Å²) in [5.41, 5.74) is 0.307. The number of carbonyl (C=O) groups excluding carboxylic acids is 2. The van der Waals surface area contributed by atoms with E-state index in [0.29, 0.717) is 11.6 Å². The average molecular weight is 586 g/mol. The molecule has 3 aromatic carbocycles. The summed E-state index contributed by atoms with van der Waals surface area (Å²) in [6.07, 6.45) is 5.36. The van der Waals surface area contributed by atoms with Gasteiger partial charge in [-0.05, 0) is 48.0 Å². The fraction of sp³-hybridized carbons (Fsp3) is 0.154. The van der Waals surface area contributed by atoms with Gasteiger partial charge in [0.05, 0.1) is 33.8 Å². The maximum Gasteiger partial charge on any atom is 0.260 e. The fourth-order valence-electron chi connectivity index (χ4n) is 3.96. The van der Waals surface area contributed by atoms with Gasteiger partial charge >= 0.3 is 0 Å². The van der Waals surface area contributed by atoms with Crippen LogP contribution in [0.4, 0.5) is 24.5 Å². The molecule has 1 saturated carbocycles. The van der Waals surface area contributed by atoms with Crippen molar-refractivity contribution in [2.24, 2.45) is 5.92 Å². The number of amides is 2. The molecule has 0 unspecified atom stereocenters. The smallest absolute Gasteiger partial charge is 0.260 e. The highest BCUT2D eigenvalue weighted by Crippen LogP contribution is 2.65. The predicted molar refractivity (Wildman–Crippen MR) is 139 cm³/mol. The molecule has 0 spiro atoms. The van der Waals surface area contributed by atoms with Crippen LogP contribution in [0, 0.1) is 35.7 Å². The van der Waals surface area contributed by atoms with Gasteiger partial charge in [0.1, 0.15) is 21.8 Å². The lowest BCUT2D eigenvalue weighted by molar-refractivity contribution is -0.117. The number of rotatable bonds is 6. The summed E-state index contributed by atoms with van der Waals surface area (Å²) in [6, 6.07) is 10.7. The molecule has 2 amide bonds. The molecule has 1 aliphatic carbocycles. The highest BCUT2D eigenvalue weighted by molar-refractivity contribution is 6.53. The number of nitrogens with one attached hydrogen (secondary N) is 1. The van der Waals surface area contributed by atoms with E-state index in [0.717, 1.165) is 23.1 Å². The molecule has 0 bridgehead atoms. The number of carbonyl (C=O) groups is 2. The summed E-state index contributed by atoms with van der Waals surface area (Å²) in [4.78, 5) is 27.2. The van der Waals surface area contributed by atoms with Crippen LogP contribution in [0.3, 0.4) is 0 Å². The standard InChI is InChI=1S/C26H15Cl4F3N2O2/c1-2-9-35(21-8-4-14(31)11-20(21)33)25(37)16-12-15(5-6-17(16)27)34-24(36)23-22(26(23,29)30)13-3-7-19(32)18(28)10-13/h1,3-8,10-12,22-23H,9H2,(H,34,36)/t22-,23+/m0/s1. The van der Waals surface area contributed by atoms with E-state index in [-0.39, 0.29) is 33.5 Å². The minimum atomic E-state index is -1.47. The Balaban J connectivity index is 1.58. The van der Waals surface area contributed by atoms with Crippen molar-refractivity contribution in [1.29, 1.82) is 0 Å². The van der Waals surface area contributed by atoms with Crippen molar-refractivity contribution in [3.8, 4) is 12.3 Å². The molecule has 0 saturated heterocycles. The molecular weight excluding hydrogens is 571 g/mol. The van der Waals surface area contributed by atoms with Crippen LogP contribution in [0.2, 0.25) is 10.0 Å². The Morgan fingerprint density at radius 3 is 2.35 bits per heavy atom. The number of halogens is 7. The van der Waals surface area contributed by atoms with Crippen LogP contribution in [0.25, 0.3) is 0 Å². The van der Waals surface area contributed by atoms with Crippen molar-refractivity contribution in [2.75, 3.05) is 16.8 Å². The van der Waals surface area contributed by atoms with E-state index < -0.39 is 45.4 Å². The molecule has 37 heavy (non-hydrogen) atoms. The highest BCUT2D eigenvalue weighted by atomic mass is 35.5. The number of anilines is 2. The van der Waals surface area contributed by atoms with Crippen LogP contribution in [0.5, 0.6) is 0 Å². The zero-order chi connectivity index (χ0) is 27.1. The SMILES string of the molecule is C#CCN(C(=O)c1cc(NC(=O)[C@H]2[C@H](c3ccc(F)c(Cl)c3)C2(Cl)Cl)ccc1Cl)c1ccc(F)cc1F. The molecule has 4 nitrogen and oxygen atoms in total. The van der Waals surface area contributed by atoms with E-state index in [9.17, 15) is 22.8 Å². The van der Waals surface area contributed by atoms with Crippen molar-refractivity contribution in [1.82, 2.24) is 0 Å². The van der Waals surface area contributed by atoms with Gasteiger partial charge in [-0.2, -0.15) is 0 Å². The summed E-state index contributed by atoms with van der Waals surface area (Å²) >= 11 is 24.8. The Morgan fingerprint density at radius 1 is 0.973 bits per heavy atom. The molecular formula is C26H15Cl4F3N2O2. The zero-order valence-corrected chi connectivity index (χ0v) is 21.6. The van der Waals surface area contributed by atoms with E-state index in [2.05, 4.69) is 11.2 Å². The summed E-state index contributed by atoms with van der Waals surface area (Å²) in [6.45, 7) is -0.334. The first kappa shape index (κ1) is 27.2. The van der Waals surface area contributed by atoms with Gasteiger partial charge in [0.25, 0.3) is 5.91 Å². The molecule has 4 rings (SSSR count). The van der Waals surface area contributed by atoms with Crippen molar-refractivity contribution in [3.63, 3.8) is 0 Å². The molecule has 3 aromatic rings. The number of benzene rings is 3. The van der Waals surface area contributed by atoms with Crippen molar-refractivity contribution >= 4 is 69.6 Å². The summed E-state index contributed by atoms with van der Waals surface area (Å²) in [5, 5.41) is 2.49. The molecule has 11 heteroatoms. The lowest BCUT2D eigenvalue weighted by Crippen LogP contribution is -2.32. The molecule has 0 aliphatic heterocycles.